The number of para-hydroxylation sites is 1. The van der Waals surface area contributed by atoms with Gasteiger partial charge < -0.3 is 10.8 Å². The van der Waals surface area contributed by atoms with Crippen molar-refractivity contribution in [1.29, 1.82) is 0 Å². The van der Waals surface area contributed by atoms with Gasteiger partial charge in [-0.1, -0.05) is 31.4 Å². The van der Waals surface area contributed by atoms with Gasteiger partial charge in [0, 0.05) is 0 Å². The quantitative estimate of drug-likeness (QED) is 0.570. The van der Waals surface area contributed by atoms with Gasteiger partial charge in [0.15, 0.2) is 0 Å². The van der Waals surface area contributed by atoms with Crippen LogP contribution in [-0.4, -0.2) is 5.11 Å². The molecule has 84 valence electrons. The predicted molar refractivity (Wildman–Crippen MR) is 65.6 cm³/mol. The van der Waals surface area contributed by atoms with E-state index in [2.05, 4.69) is 0 Å². The van der Waals surface area contributed by atoms with Crippen LogP contribution >= 0.6 is 12.4 Å². The molecule has 0 unspecified atom stereocenters. The molecule has 3 heteroatoms. The number of hydrogen-bond donors (Lipinski definition) is 2. The summed E-state index contributed by atoms with van der Waals surface area (Å²) in [6, 6.07) is 5.59. The van der Waals surface area contributed by atoms with Gasteiger partial charge in [0.2, 0.25) is 0 Å². The molecule has 0 heterocycles. The van der Waals surface area contributed by atoms with Crippen molar-refractivity contribution in [1.82, 2.24) is 0 Å². The van der Waals surface area contributed by atoms with Crippen LogP contribution < -0.4 is 5.73 Å². The van der Waals surface area contributed by atoms with Gasteiger partial charge in [0.05, 0.1) is 5.69 Å². The molecule has 15 heavy (non-hydrogen) atoms. The standard InChI is InChI=1S/C12H17NO.ClH/c13-12-10(7-4-8-11(12)14)9-5-2-1-3-6-9;/h4,7-9,14H,1-3,5-6,13H2;1H. The molecule has 1 fully saturated rings. The van der Waals surface area contributed by atoms with Crippen LogP contribution in [-0.2, 0) is 0 Å². The van der Waals surface area contributed by atoms with Crippen LogP contribution in [0.4, 0.5) is 5.69 Å². The SMILES string of the molecule is Cl.Nc1c(O)cccc1C1CCCCC1. The fourth-order valence-electron chi connectivity index (χ4n) is 2.34. The molecule has 2 rings (SSSR count). The molecule has 1 aromatic carbocycles. The molecule has 1 aliphatic carbocycles. The normalized spacial score (nSPS) is 17.1. The van der Waals surface area contributed by atoms with Crippen molar-refractivity contribution >= 4 is 18.1 Å². The van der Waals surface area contributed by atoms with Gasteiger partial charge in [-0.2, -0.15) is 0 Å². The molecule has 2 nitrogen and oxygen atoms in total. The molecule has 0 bridgehead atoms. The number of rotatable bonds is 1. The van der Waals surface area contributed by atoms with E-state index in [1.54, 1.807) is 6.07 Å². The first-order valence-corrected chi connectivity index (χ1v) is 5.36. The molecular formula is C12H18ClNO. The van der Waals surface area contributed by atoms with Crippen molar-refractivity contribution < 1.29 is 5.11 Å². The molecule has 1 aliphatic rings. The number of anilines is 1. The van der Waals surface area contributed by atoms with E-state index in [0.717, 1.165) is 5.56 Å². The van der Waals surface area contributed by atoms with Gasteiger partial charge in [0.25, 0.3) is 0 Å². The van der Waals surface area contributed by atoms with Gasteiger partial charge in [0.1, 0.15) is 5.75 Å². The van der Waals surface area contributed by atoms with Crippen molar-refractivity contribution in [2.45, 2.75) is 38.0 Å². The summed E-state index contributed by atoms with van der Waals surface area (Å²) in [5, 5.41) is 9.51. The lowest BCUT2D eigenvalue weighted by Gasteiger charge is -2.23. The highest BCUT2D eigenvalue weighted by Crippen LogP contribution is 2.38. The van der Waals surface area contributed by atoms with Gasteiger partial charge in [-0.15, -0.1) is 12.4 Å². The maximum atomic E-state index is 9.51. The van der Waals surface area contributed by atoms with Crippen LogP contribution in [0.2, 0.25) is 0 Å². The number of nitrogen functional groups attached to an aromatic ring is 1. The number of phenolic OH excluding ortho intramolecular Hbond substituents is 1. The third kappa shape index (κ3) is 2.57. The molecule has 0 saturated heterocycles. The third-order valence-electron chi connectivity index (χ3n) is 3.16. The molecule has 0 aliphatic heterocycles. The Hall–Kier alpha value is -0.890. The van der Waals surface area contributed by atoms with Crippen molar-refractivity contribution in [3.8, 4) is 5.75 Å². The Bertz CT molecular complexity index is 321. The molecule has 0 spiro atoms. The highest BCUT2D eigenvalue weighted by atomic mass is 35.5. The average molecular weight is 228 g/mol. The van der Waals surface area contributed by atoms with Gasteiger partial charge in [-0.25, -0.2) is 0 Å². The van der Waals surface area contributed by atoms with Crippen LogP contribution in [0.15, 0.2) is 18.2 Å². The summed E-state index contributed by atoms with van der Waals surface area (Å²) in [7, 11) is 0. The zero-order valence-corrected chi connectivity index (χ0v) is 9.59. The topological polar surface area (TPSA) is 46.2 Å². The second-order valence-corrected chi connectivity index (χ2v) is 4.11. The first-order chi connectivity index (χ1) is 6.79. The predicted octanol–water partition coefficient (Wildman–Crippen LogP) is 3.44. The van der Waals surface area contributed by atoms with E-state index < -0.39 is 0 Å². The summed E-state index contributed by atoms with van der Waals surface area (Å²) in [5.41, 5.74) is 7.59. The lowest BCUT2D eigenvalue weighted by Crippen LogP contribution is -2.07. The molecule has 1 aromatic rings. The Kier molecular flexibility index (Phi) is 4.28. The van der Waals surface area contributed by atoms with E-state index in [4.69, 9.17) is 5.73 Å². The van der Waals surface area contributed by atoms with Crippen LogP contribution in [0.1, 0.15) is 43.6 Å². The molecule has 3 N–H and O–H groups in total. The number of phenols is 1. The Labute approximate surface area is 96.9 Å². The van der Waals surface area contributed by atoms with Gasteiger partial charge in [-0.05, 0) is 30.4 Å². The molecule has 0 atom stereocenters. The summed E-state index contributed by atoms with van der Waals surface area (Å²) in [5.74, 6) is 0.795. The number of halogens is 1. The third-order valence-corrected chi connectivity index (χ3v) is 3.16. The largest absolute Gasteiger partial charge is 0.506 e. The van der Waals surface area contributed by atoms with E-state index in [0.29, 0.717) is 11.6 Å². The number of nitrogens with two attached hydrogens (primary N) is 1. The van der Waals surface area contributed by atoms with Crippen molar-refractivity contribution in [3.05, 3.63) is 23.8 Å². The fourth-order valence-corrected chi connectivity index (χ4v) is 2.34. The van der Waals surface area contributed by atoms with Crippen LogP contribution in [0.3, 0.4) is 0 Å². The Morgan fingerprint density at radius 3 is 2.47 bits per heavy atom. The van der Waals surface area contributed by atoms with Crippen LogP contribution in [0, 0.1) is 0 Å². The fraction of sp³-hybridized carbons (Fsp3) is 0.500. The molecule has 0 amide bonds. The first kappa shape index (κ1) is 12.2. The lowest BCUT2D eigenvalue weighted by molar-refractivity contribution is 0.440. The Morgan fingerprint density at radius 2 is 1.80 bits per heavy atom. The van der Waals surface area contributed by atoms with E-state index in [9.17, 15) is 5.11 Å². The summed E-state index contributed by atoms with van der Waals surface area (Å²) in [6.45, 7) is 0. The second-order valence-electron chi connectivity index (χ2n) is 4.11. The minimum atomic E-state index is 0. The van der Waals surface area contributed by atoms with E-state index in [1.807, 2.05) is 12.1 Å². The summed E-state index contributed by atoms with van der Waals surface area (Å²) < 4.78 is 0. The molecule has 0 aromatic heterocycles. The summed E-state index contributed by atoms with van der Waals surface area (Å²) in [6.07, 6.45) is 6.36. The van der Waals surface area contributed by atoms with Gasteiger partial charge in [-0.3, -0.25) is 0 Å². The number of aromatic hydroxyl groups is 1. The summed E-state index contributed by atoms with van der Waals surface area (Å²) in [4.78, 5) is 0. The average Bonchev–Trinajstić information content (AvgIpc) is 2.23. The minimum absolute atomic E-state index is 0. The lowest BCUT2D eigenvalue weighted by atomic mass is 9.83. The molecular weight excluding hydrogens is 210 g/mol. The number of hydrogen-bond acceptors (Lipinski definition) is 2. The van der Waals surface area contributed by atoms with Crippen molar-refractivity contribution in [2.75, 3.05) is 5.73 Å². The Balaban J connectivity index is 0.00000112. The van der Waals surface area contributed by atoms with Crippen molar-refractivity contribution in [3.63, 3.8) is 0 Å². The zero-order valence-electron chi connectivity index (χ0n) is 8.78. The van der Waals surface area contributed by atoms with Gasteiger partial charge >= 0.3 is 0 Å². The van der Waals surface area contributed by atoms with Crippen LogP contribution in [0.5, 0.6) is 5.75 Å². The second kappa shape index (κ2) is 5.26. The highest BCUT2D eigenvalue weighted by molar-refractivity contribution is 5.85. The number of benzene rings is 1. The summed E-state index contributed by atoms with van der Waals surface area (Å²) >= 11 is 0. The van der Waals surface area contributed by atoms with Crippen LogP contribution in [0.25, 0.3) is 0 Å². The molecule has 0 radical (unpaired) electrons. The van der Waals surface area contributed by atoms with E-state index >= 15 is 0 Å². The maximum absolute atomic E-state index is 9.51. The maximum Gasteiger partial charge on any atom is 0.138 e. The highest BCUT2D eigenvalue weighted by Gasteiger charge is 2.18. The first-order valence-electron chi connectivity index (χ1n) is 5.36. The minimum Gasteiger partial charge on any atom is -0.506 e. The monoisotopic (exact) mass is 227 g/mol. The smallest absolute Gasteiger partial charge is 0.138 e. The van der Waals surface area contributed by atoms with E-state index in [1.165, 1.54) is 32.1 Å². The van der Waals surface area contributed by atoms with E-state index in [-0.39, 0.29) is 18.2 Å². The molecule has 1 saturated carbocycles. The Morgan fingerprint density at radius 1 is 1.13 bits per heavy atom. The zero-order chi connectivity index (χ0) is 9.97. The van der Waals surface area contributed by atoms with Crippen molar-refractivity contribution in [2.24, 2.45) is 0 Å².